The standard InChI is InChI=1S/C14H19N3O2/c1-16-5-4-10-6-17(7-11(10)16)14(18)12-13(9-2-3-9)19-8-15-12/h8-11H,2-7H2,1H3/t10-,11+/m1/s1. The number of rotatable bonds is 2. The summed E-state index contributed by atoms with van der Waals surface area (Å²) >= 11 is 0. The van der Waals surface area contributed by atoms with Gasteiger partial charge >= 0.3 is 0 Å². The Morgan fingerprint density at radius 1 is 1.37 bits per heavy atom. The van der Waals surface area contributed by atoms with E-state index in [1.54, 1.807) is 0 Å². The van der Waals surface area contributed by atoms with Crippen molar-refractivity contribution in [1.82, 2.24) is 14.8 Å². The molecule has 3 aliphatic rings. The minimum atomic E-state index is 0.0680. The van der Waals surface area contributed by atoms with E-state index in [4.69, 9.17) is 4.42 Å². The Balaban J connectivity index is 1.53. The van der Waals surface area contributed by atoms with Crippen molar-refractivity contribution in [1.29, 1.82) is 0 Å². The fourth-order valence-corrected chi connectivity index (χ4v) is 3.54. The zero-order chi connectivity index (χ0) is 13.0. The van der Waals surface area contributed by atoms with Crippen LogP contribution in [-0.2, 0) is 0 Å². The van der Waals surface area contributed by atoms with E-state index in [9.17, 15) is 4.79 Å². The summed E-state index contributed by atoms with van der Waals surface area (Å²) in [5.41, 5.74) is 0.560. The third-order valence-electron chi connectivity index (χ3n) is 4.86. The molecule has 0 spiro atoms. The second-order valence-corrected chi connectivity index (χ2v) is 6.15. The number of likely N-dealkylation sites (N-methyl/N-ethyl adjacent to an activating group) is 1. The number of oxazole rings is 1. The second-order valence-electron chi connectivity index (χ2n) is 6.15. The van der Waals surface area contributed by atoms with Crippen LogP contribution in [0.5, 0.6) is 0 Å². The van der Waals surface area contributed by atoms with Gasteiger partial charge in [-0.2, -0.15) is 0 Å². The molecule has 5 heteroatoms. The van der Waals surface area contributed by atoms with Crippen molar-refractivity contribution in [3.63, 3.8) is 0 Å². The minimum absolute atomic E-state index is 0.0680. The largest absolute Gasteiger partial charge is 0.447 e. The van der Waals surface area contributed by atoms with Gasteiger partial charge in [0.05, 0.1) is 0 Å². The van der Waals surface area contributed by atoms with Crippen molar-refractivity contribution < 1.29 is 9.21 Å². The summed E-state index contributed by atoms with van der Waals surface area (Å²) in [5.74, 6) is 1.96. The van der Waals surface area contributed by atoms with Gasteiger partial charge in [0.1, 0.15) is 5.76 Å². The van der Waals surface area contributed by atoms with E-state index in [0.29, 0.717) is 23.6 Å². The molecule has 0 unspecified atom stereocenters. The van der Waals surface area contributed by atoms with Crippen molar-refractivity contribution in [3.8, 4) is 0 Å². The van der Waals surface area contributed by atoms with Crippen LogP contribution in [-0.4, -0.2) is 53.4 Å². The SMILES string of the molecule is CN1CC[C@@H]2CN(C(=O)c3ncoc3C3CC3)C[C@@H]21. The fraction of sp³-hybridized carbons (Fsp3) is 0.714. The van der Waals surface area contributed by atoms with Crippen LogP contribution >= 0.6 is 0 Å². The molecular formula is C14H19N3O2. The van der Waals surface area contributed by atoms with Gasteiger partial charge < -0.3 is 14.2 Å². The van der Waals surface area contributed by atoms with Crippen LogP contribution < -0.4 is 0 Å². The van der Waals surface area contributed by atoms with Gasteiger partial charge in [-0.25, -0.2) is 4.98 Å². The number of nitrogens with zero attached hydrogens (tertiary/aromatic N) is 3. The third-order valence-corrected chi connectivity index (χ3v) is 4.86. The van der Waals surface area contributed by atoms with Gasteiger partial charge in [0, 0.05) is 25.0 Å². The highest BCUT2D eigenvalue weighted by Gasteiger charge is 2.43. The van der Waals surface area contributed by atoms with E-state index in [1.807, 2.05) is 4.90 Å². The molecule has 19 heavy (non-hydrogen) atoms. The molecule has 1 aromatic rings. The average Bonchev–Trinajstić information content (AvgIpc) is 2.88. The molecule has 0 N–H and O–H groups in total. The Bertz CT molecular complexity index is 509. The van der Waals surface area contributed by atoms with Crippen LogP contribution in [0.2, 0.25) is 0 Å². The van der Waals surface area contributed by atoms with Crippen LogP contribution in [0.3, 0.4) is 0 Å². The van der Waals surface area contributed by atoms with E-state index in [0.717, 1.165) is 38.2 Å². The summed E-state index contributed by atoms with van der Waals surface area (Å²) in [6.45, 7) is 2.89. The lowest BCUT2D eigenvalue weighted by atomic mass is 10.1. The highest BCUT2D eigenvalue weighted by atomic mass is 16.3. The first kappa shape index (κ1) is 11.5. The molecule has 102 valence electrons. The Morgan fingerprint density at radius 3 is 2.95 bits per heavy atom. The molecule has 1 aliphatic carbocycles. The molecule has 2 aliphatic heterocycles. The lowest BCUT2D eigenvalue weighted by Crippen LogP contribution is -2.35. The van der Waals surface area contributed by atoms with Crippen molar-refractivity contribution in [2.75, 3.05) is 26.7 Å². The second kappa shape index (κ2) is 4.07. The number of fused-ring (bicyclic) bond motifs is 1. The monoisotopic (exact) mass is 261 g/mol. The maximum atomic E-state index is 12.6. The van der Waals surface area contributed by atoms with Crippen molar-refractivity contribution >= 4 is 5.91 Å². The molecular weight excluding hydrogens is 242 g/mol. The molecule has 0 bridgehead atoms. The average molecular weight is 261 g/mol. The number of hydrogen-bond donors (Lipinski definition) is 0. The van der Waals surface area contributed by atoms with Crippen molar-refractivity contribution in [2.45, 2.75) is 31.2 Å². The lowest BCUT2D eigenvalue weighted by molar-refractivity contribution is 0.0767. The molecule has 1 amide bonds. The summed E-state index contributed by atoms with van der Waals surface area (Å²) in [6, 6.07) is 0.542. The molecule has 4 rings (SSSR count). The number of hydrogen-bond acceptors (Lipinski definition) is 4. The van der Waals surface area contributed by atoms with E-state index in [2.05, 4.69) is 16.9 Å². The Kier molecular flexibility index (Phi) is 2.45. The topological polar surface area (TPSA) is 49.6 Å². The van der Waals surface area contributed by atoms with Gasteiger partial charge in [0.2, 0.25) is 0 Å². The minimum Gasteiger partial charge on any atom is -0.447 e. The molecule has 0 radical (unpaired) electrons. The summed E-state index contributed by atoms with van der Waals surface area (Å²) in [5, 5.41) is 0. The Hall–Kier alpha value is -1.36. The molecule has 2 atom stereocenters. The zero-order valence-electron chi connectivity index (χ0n) is 11.2. The maximum absolute atomic E-state index is 12.6. The summed E-state index contributed by atoms with van der Waals surface area (Å²) in [4.78, 5) is 21.1. The smallest absolute Gasteiger partial charge is 0.276 e. The Labute approximate surface area is 112 Å². The van der Waals surface area contributed by atoms with E-state index < -0.39 is 0 Å². The summed E-state index contributed by atoms with van der Waals surface area (Å²) < 4.78 is 5.42. The quantitative estimate of drug-likeness (QED) is 0.806. The van der Waals surface area contributed by atoms with Gasteiger partial charge in [0.15, 0.2) is 12.1 Å². The lowest BCUT2D eigenvalue weighted by Gasteiger charge is -2.20. The first-order valence-electron chi connectivity index (χ1n) is 7.17. The van der Waals surface area contributed by atoms with Gasteiger partial charge in [-0.15, -0.1) is 0 Å². The number of amides is 1. The highest BCUT2D eigenvalue weighted by Crippen LogP contribution is 2.42. The van der Waals surface area contributed by atoms with Crippen LogP contribution in [0.25, 0.3) is 0 Å². The molecule has 2 saturated heterocycles. The van der Waals surface area contributed by atoms with Gasteiger partial charge in [-0.05, 0) is 38.8 Å². The van der Waals surface area contributed by atoms with E-state index in [1.165, 1.54) is 12.8 Å². The van der Waals surface area contributed by atoms with Crippen LogP contribution in [0.4, 0.5) is 0 Å². The van der Waals surface area contributed by atoms with Crippen molar-refractivity contribution in [3.05, 3.63) is 17.8 Å². The first-order valence-corrected chi connectivity index (χ1v) is 7.17. The van der Waals surface area contributed by atoms with E-state index >= 15 is 0 Å². The van der Waals surface area contributed by atoms with E-state index in [-0.39, 0.29) is 5.91 Å². The predicted molar refractivity (Wildman–Crippen MR) is 68.9 cm³/mol. The molecule has 3 fully saturated rings. The van der Waals surface area contributed by atoms with Gasteiger partial charge in [-0.1, -0.05) is 0 Å². The fourth-order valence-electron chi connectivity index (χ4n) is 3.54. The number of likely N-dealkylation sites (tertiary alicyclic amines) is 2. The van der Waals surface area contributed by atoms with Crippen LogP contribution in [0.1, 0.15) is 41.4 Å². The molecule has 1 aromatic heterocycles. The molecule has 1 saturated carbocycles. The molecule has 5 nitrogen and oxygen atoms in total. The summed E-state index contributed by atoms with van der Waals surface area (Å²) in [6.07, 6.45) is 4.88. The maximum Gasteiger partial charge on any atom is 0.276 e. The third kappa shape index (κ3) is 1.79. The van der Waals surface area contributed by atoms with Crippen LogP contribution in [0, 0.1) is 5.92 Å². The van der Waals surface area contributed by atoms with Gasteiger partial charge in [0.25, 0.3) is 5.91 Å². The first-order chi connectivity index (χ1) is 9.24. The Morgan fingerprint density at radius 2 is 2.21 bits per heavy atom. The van der Waals surface area contributed by atoms with Gasteiger partial charge in [-0.3, -0.25) is 4.79 Å². The predicted octanol–water partition coefficient (Wildman–Crippen LogP) is 1.33. The van der Waals surface area contributed by atoms with Crippen LogP contribution in [0.15, 0.2) is 10.8 Å². The number of carbonyl (C=O) groups excluding carboxylic acids is 1. The molecule has 0 aromatic carbocycles. The van der Waals surface area contributed by atoms with Crippen molar-refractivity contribution in [2.24, 2.45) is 5.92 Å². The highest BCUT2D eigenvalue weighted by molar-refractivity contribution is 5.93. The number of carbonyl (C=O) groups is 1. The zero-order valence-corrected chi connectivity index (χ0v) is 11.2. The summed E-state index contributed by atoms with van der Waals surface area (Å²) in [7, 11) is 2.16. The molecule has 3 heterocycles. The number of aromatic nitrogens is 1. The normalized spacial score (nSPS) is 30.9.